The van der Waals surface area contributed by atoms with E-state index >= 15 is 0 Å². The maximum atomic E-state index is 12.9. The highest BCUT2D eigenvalue weighted by atomic mass is 32.1. The average Bonchev–Trinajstić information content (AvgIpc) is 3.36. The van der Waals surface area contributed by atoms with Crippen molar-refractivity contribution in [2.45, 2.75) is 59.4 Å². The molecule has 1 aliphatic rings. The third-order valence-corrected chi connectivity index (χ3v) is 6.24. The first-order valence-corrected chi connectivity index (χ1v) is 11.6. The van der Waals surface area contributed by atoms with Crippen molar-refractivity contribution in [2.24, 2.45) is 11.3 Å². The molecule has 0 aliphatic carbocycles. The molecule has 7 nitrogen and oxygen atoms in total. The number of methoxy groups -OCH3 is 1. The van der Waals surface area contributed by atoms with E-state index in [0.29, 0.717) is 29.5 Å². The fourth-order valence-electron chi connectivity index (χ4n) is 4.18. The Hall–Kier alpha value is -2.48. The zero-order valence-electron chi connectivity index (χ0n) is 19.0. The van der Waals surface area contributed by atoms with E-state index < -0.39 is 6.04 Å². The molecule has 1 saturated heterocycles. The van der Waals surface area contributed by atoms with Gasteiger partial charge in [0.1, 0.15) is 16.8 Å². The maximum Gasteiger partial charge on any atom is 0.249 e. The molecule has 31 heavy (non-hydrogen) atoms. The summed E-state index contributed by atoms with van der Waals surface area (Å²) >= 11 is 1.31. The summed E-state index contributed by atoms with van der Waals surface area (Å²) in [5.74, 6) is 0.925. The van der Waals surface area contributed by atoms with E-state index in [1.165, 1.54) is 11.3 Å². The van der Waals surface area contributed by atoms with Crippen LogP contribution in [0.3, 0.4) is 0 Å². The standard InChI is InChI=1S/C23H32N4O3S/c1-15(14-23(2,3)4)13-19(28)27-12-6-7-18(27)20(29)24-22-26-25-21(31-22)16-8-10-17(30-5)11-9-16/h8-11,15,18H,6-7,12-14H2,1-5H3,(H,24,26,29). The monoisotopic (exact) mass is 444 g/mol. The lowest BCUT2D eigenvalue weighted by atomic mass is 9.84. The maximum absolute atomic E-state index is 12.9. The predicted octanol–water partition coefficient (Wildman–Crippen LogP) is 4.61. The second-order valence-electron chi connectivity index (χ2n) is 9.45. The summed E-state index contributed by atoms with van der Waals surface area (Å²) in [5.41, 5.74) is 1.09. The fraction of sp³-hybridized carbons (Fsp3) is 0.565. The van der Waals surface area contributed by atoms with Crippen LogP contribution in [0.1, 0.15) is 53.4 Å². The summed E-state index contributed by atoms with van der Waals surface area (Å²) in [6, 6.07) is 7.08. The zero-order valence-corrected chi connectivity index (χ0v) is 19.8. The lowest BCUT2D eigenvalue weighted by molar-refractivity contribution is -0.137. The van der Waals surface area contributed by atoms with Gasteiger partial charge in [-0.25, -0.2) is 0 Å². The van der Waals surface area contributed by atoms with E-state index in [9.17, 15) is 9.59 Å². The molecule has 1 aliphatic heterocycles. The third kappa shape index (κ3) is 6.26. The van der Waals surface area contributed by atoms with Crippen molar-refractivity contribution < 1.29 is 14.3 Å². The summed E-state index contributed by atoms with van der Waals surface area (Å²) in [6.45, 7) is 9.29. The molecule has 0 spiro atoms. The molecule has 2 aromatic rings. The molecule has 2 amide bonds. The molecule has 1 aromatic carbocycles. The van der Waals surface area contributed by atoms with Crippen LogP contribution in [0.2, 0.25) is 0 Å². The molecule has 0 radical (unpaired) electrons. The van der Waals surface area contributed by atoms with Crippen LogP contribution in [-0.2, 0) is 9.59 Å². The van der Waals surface area contributed by atoms with E-state index in [1.807, 2.05) is 24.3 Å². The summed E-state index contributed by atoms with van der Waals surface area (Å²) in [6.07, 6.45) is 2.96. The van der Waals surface area contributed by atoms with Gasteiger partial charge in [0.2, 0.25) is 16.9 Å². The van der Waals surface area contributed by atoms with Gasteiger partial charge in [-0.3, -0.25) is 14.9 Å². The smallest absolute Gasteiger partial charge is 0.249 e. The van der Waals surface area contributed by atoms with Crippen LogP contribution in [0.4, 0.5) is 5.13 Å². The van der Waals surface area contributed by atoms with Crippen LogP contribution in [0, 0.1) is 11.3 Å². The van der Waals surface area contributed by atoms with Crippen LogP contribution >= 0.6 is 11.3 Å². The number of amides is 2. The molecule has 1 fully saturated rings. The molecular weight excluding hydrogens is 412 g/mol. The molecule has 1 N–H and O–H groups in total. The quantitative estimate of drug-likeness (QED) is 0.674. The van der Waals surface area contributed by atoms with Gasteiger partial charge in [0, 0.05) is 18.5 Å². The van der Waals surface area contributed by atoms with E-state index in [0.717, 1.165) is 24.2 Å². The molecular formula is C23H32N4O3S. The number of carbonyl (C=O) groups excluding carboxylic acids is 2. The van der Waals surface area contributed by atoms with E-state index in [2.05, 4.69) is 43.2 Å². The molecule has 3 rings (SSSR count). The van der Waals surface area contributed by atoms with Gasteiger partial charge in [0.15, 0.2) is 0 Å². The van der Waals surface area contributed by atoms with Crippen molar-refractivity contribution >= 4 is 28.3 Å². The Kier molecular flexibility index (Phi) is 7.30. The number of benzene rings is 1. The Morgan fingerprint density at radius 1 is 1.26 bits per heavy atom. The lowest BCUT2D eigenvalue weighted by Gasteiger charge is -2.27. The highest BCUT2D eigenvalue weighted by Gasteiger charge is 2.35. The first-order valence-electron chi connectivity index (χ1n) is 10.7. The summed E-state index contributed by atoms with van der Waals surface area (Å²) in [5, 5.41) is 12.3. The minimum Gasteiger partial charge on any atom is -0.497 e. The van der Waals surface area contributed by atoms with Gasteiger partial charge in [0.25, 0.3) is 0 Å². The second kappa shape index (κ2) is 9.77. The van der Waals surface area contributed by atoms with Crippen molar-refractivity contribution in [3.63, 3.8) is 0 Å². The topological polar surface area (TPSA) is 84.4 Å². The minimum absolute atomic E-state index is 0.0607. The van der Waals surface area contributed by atoms with Gasteiger partial charge in [-0.1, -0.05) is 39.0 Å². The number of aromatic nitrogens is 2. The first-order chi connectivity index (χ1) is 14.7. The van der Waals surface area contributed by atoms with Crippen LogP contribution < -0.4 is 10.1 Å². The number of anilines is 1. The van der Waals surface area contributed by atoms with E-state index in [4.69, 9.17) is 4.74 Å². The number of likely N-dealkylation sites (tertiary alicyclic amines) is 1. The molecule has 0 saturated carbocycles. The Labute approximate surface area is 188 Å². The fourth-order valence-corrected chi connectivity index (χ4v) is 4.94. The molecule has 2 unspecified atom stereocenters. The number of hydrogen-bond acceptors (Lipinski definition) is 6. The number of nitrogens with one attached hydrogen (secondary N) is 1. The third-order valence-electron chi connectivity index (χ3n) is 5.35. The lowest BCUT2D eigenvalue weighted by Crippen LogP contribution is -2.43. The second-order valence-corrected chi connectivity index (χ2v) is 10.4. The molecule has 1 aromatic heterocycles. The van der Waals surface area contributed by atoms with Gasteiger partial charge < -0.3 is 9.64 Å². The van der Waals surface area contributed by atoms with Gasteiger partial charge in [-0.15, -0.1) is 10.2 Å². The molecule has 2 atom stereocenters. The number of hydrogen-bond donors (Lipinski definition) is 1. The van der Waals surface area contributed by atoms with Crippen molar-refractivity contribution in [1.29, 1.82) is 0 Å². The first kappa shape index (κ1) is 23.2. The molecule has 0 bridgehead atoms. The van der Waals surface area contributed by atoms with Crippen molar-refractivity contribution in [2.75, 3.05) is 19.0 Å². The summed E-state index contributed by atoms with van der Waals surface area (Å²) < 4.78 is 5.17. The molecule has 8 heteroatoms. The number of carbonyl (C=O) groups is 2. The highest BCUT2D eigenvalue weighted by Crippen LogP contribution is 2.30. The van der Waals surface area contributed by atoms with Gasteiger partial charge in [-0.2, -0.15) is 0 Å². The van der Waals surface area contributed by atoms with Crippen LogP contribution in [0.25, 0.3) is 10.6 Å². The average molecular weight is 445 g/mol. The van der Waals surface area contributed by atoms with Crippen LogP contribution in [0.5, 0.6) is 5.75 Å². The number of rotatable bonds is 7. The van der Waals surface area contributed by atoms with Crippen molar-refractivity contribution in [1.82, 2.24) is 15.1 Å². The van der Waals surface area contributed by atoms with E-state index in [1.54, 1.807) is 12.0 Å². The minimum atomic E-state index is -0.442. The van der Waals surface area contributed by atoms with Crippen LogP contribution in [-0.4, -0.2) is 46.6 Å². The Balaban J connectivity index is 1.60. The van der Waals surface area contributed by atoms with Crippen molar-refractivity contribution in [3.05, 3.63) is 24.3 Å². The predicted molar refractivity (Wildman–Crippen MR) is 123 cm³/mol. The summed E-state index contributed by atoms with van der Waals surface area (Å²) in [4.78, 5) is 27.5. The summed E-state index contributed by atoms with van der Waals surface area (Å²) in [7, 11) is 1.62. The van der Waals surface area contributed by atoms with Crippen LogP contribution in [0.15, 0.2) is 24.3 Å². The molecule has 2 heterocycles. The van der Waals surface area contributed by atoms with Gasteiger partial charge in [0.05, 0.1) is 7.11 Å². The SMILES string of the molecule is COc1ccc(-c2nnc(NC(=O)C3CCCN3C(=O)CC(C)CC(C)(C)C)s2)cc1. The van der Waals surface area contributed by atoms with E-state index in [-0.39, 0.29) is 23.1 Å². The van der Waals surface area contributed by atoms with Gasteiger partial charge >= 0.3 is 0 Å². The van der Waals surface area contributed by atoms with Gasteiger partial charge in [-0.05, 0) is 54.9 Å². The highest BCUT2D eigenvalue weighted by molar-refractivity contribution is 7.18. The molecule has 168 valence electrons. The normalized spacial score (nSPS) is 17.5. The zero-order chi connectivity index (χ0) is 22.6. The number of ether oxygens (including phenoxy) is 1. The largest absolute Gasteiger partial charge is 0.497 e. The Morgan fingerprint density at radius 3 is 2.61 bits per heavy atom. The Bertz CT molecular complexity index is 904. The van der Waals surface area contributed by atoms with Crippen molar-refractivity contribution in [3.8, 4) is 16.3 Å². The Morgan fingerprint density at radius 2 is 1.97 bits per heavy atom. The number of nitrogens with zero attached hydrogens (tertiary/aromatic N) is 3.